The Morgan fingerprint density at radius 3 is 2.70 bits per heavy atom. The minimum Gasteiger partial charge on any atom is -0.376 e. The molecule has 1 aromatic carbocycles. The Bertz CT molecular complexity index is 1080. The maximum absolute atomic E-state index is 14.5. The average Bonchev–Trinajstić information content (AvgIpc) is 2.81. The van der Waals surface area contributed by atoms with Gasteiger partial charge in [-0.3, -0.25) is 9.13 Å². The van der Waals surface area contributed by atoms with Gasteiger partial charge in [-0.1, -0.05) is 12.1 Å². The molecule has 4 rings (SSSR count). The molecular formula is C18H15F4N3O2. The van der Waals surface area contributed by atoms with Crippen LogP contribution in [-0.2, 0) is 24.5 Å². The van der Waals surface area contributed by atoms with E-state index in [2.05, 4.69) is 4.98 Å². The molecule has 0 amide bonds. The first-order chi connectivity index (χ1) is 12.8. The van der Waals surface area contributed by atoms with Crippen LogP contribution in [0.1, 0.15) is 12.0 Å². The maximum Gasteiger partial charge on any atom is 0.419 e. The van der Waals surface area contributed by atoms with E-state index in [1.165, 1.54) is 27.5 Å². The minimum atomic E-state index is -4.80. The Balaban J connectivity index is 1.87. The van der Waals surface area contributed by atoms with Gasteiger partial charge in [0.2, 0.25) is 0 Å². The monoisotopic (exact) mass is 381 g/mol. The van der Waals surface area contributed by atoms with E-state index in [-0.39, 0.29) is 22.9 Å². The van der Waals surface area contributed by atoms with Crippen LogP contribution in [0.2, 0.25) is 0 Å². The second kappa shape index (κ2) is 6.19. The van der Waals surface area contributed by atoms with Crippen molar-refractivity contribution in [3.63, 3.8) is 0 Å². The SMILES string of the molecule is Cn1c(=O)n(C[C@H]2CCO2)c2cc(-c3cccc(C(F)(F)F)c3F)cnc21. The summed E-state index contributed by atoms with van der Waals surface area (Å²) in [5, 5.41) is 0. The van der Waals surface area contributed by atoms with E-state index in [0.717, 1.165) is 12.5 Å². The highest BCUT2D eigenvalue weighted by Gasteiger charge is 2.35. The van der Waals surface area contributed by atoms with Crippen LogP contribution in [0, 0.1) is 5.82 Å². The molecule has 0 unspecified atom stereocenters. The molecule has 0 spiro atoms. The number of aryl methyl sites for hydroxylation is 1. The van der Waals surface area contributed by atoms with E-state index in [1.54, 1.807) is 7.05 Å². The van der Waals surface area contributed by atoms with Gasteiger partial charge in [0.05, 0.1) is 23.7 Å². The van der Waals surface area contributed by atoms with Crippen molar-refractivity contribution in [3.8, 4) is 11.1 Å². The zero-order valence-electron chi connectivity index (χ0n) is 14.3. The highest BCUT2D eigenvalue weighted by atomic mass is 19.4. The highest BCUT2D eigenvalue weighted by molar-refractivity contribution is 5.79. The summed E-state index contributed by atoms with van der Waals surface area (Å²) < 4.78 is 61.6. The third-order valence-electron chi connectivity index (χ3n) is 4.77. The van der Waals surface area contributed by atoms with E-state index in [0.29, 0.717) is 30.4 Å². The molecule has 5 nitrogen and oxygen atoms in total. The van der Waals surface area contributed by atoms with Crippen LogP contribution >= 0.6 is 0 Å². The van der Waals surface area contributed by atoms with Crippen molar-refractivity contribution in [2.75, 3.05) is 6.61 Å². The van der Waals surface area contributed by atoms with E-state index >= 15 is 0 Å². The molecule has 1 atom stereocenters. The molecule has 1 saturated heterocycles. The van der Waals surface area contributed by atoms with Gasteiger partial charge in [0.25, 0.3) is 0 Å². The Morgan fingerprint density at radius 2 is 2.07 bits per heavy atom. The van der Waals surface area contributed by atoms with Gasteiger partial charge in [-0.15, -0.1) is 0 Å². The third-order valence-corrected chi connectivity index (χ3v) is 4.77. The highest BCUT2D eigenvalue weighted by Crippen LogP contribution is 2.35. The van der Waals surface area contributed by atoms with Crippen LogP contribution in [0.4, 0.5) is 17.6 Å². The smallest absolute Gasteiger partial charge is 0.376 e. The Morgan fingerprint density at radius 1 is 1.33 bits per heavy atom. The van der Waals surface area contributed by atoms with Gasteiger partial charge in [0.15, 0.2) is 5.65 Å². The maximum atomic E-state index is 14.5. The number of ether oxygens (including phenoxy) is 1. The van der Waals surface area contributed by atoms with E-state index in [4.69, 9.17) is 4.74 Å². The summed E-state index contributed by atoms with van der Waals surface area (Å²) in [5.74, 6) is -1.36. The molecule has 0 aliphatic carbocycles. The summed E-state index contributed by atoms with van der Waals surface area (Å²) in [6, 6.07) is 4.58. The van der Waals surface area contributed by atoms with Crippen molar-refractivity contribution in [1.82, 2.24) is 14.1 Å². The van der Waals surface area contributed by atoms with Crippen molar-refractivity contribution in [2.45, 2.75) is 25.2 Å². The Kier molecular flexibility index (Phi) is 4.06. The summed E-state index contributed by atoms with van der Waals surface area (Å²) in [5.41, 5.74) is -0.909. The average molecular weight is 381 g/mol. The normalized spacial score (nSPS) is 17.3. The molecule has 3 aromatic rings. The summed E-state index contributed by atoms with van der Waals surface area (Å²) in [4.78, 5) is 16.6. The number of hydrogen-bond donors (Lipinski definition) is 0. The number of halogens is 4. The number of hydrogen-bond acceptors (Lipinski definition) is 3. The molecule has 0 radical (unpaired) electrons. The van der Waals surface area contributed by atoms with Gasteiger partial charge in [0.1, 0.15) is 5.82 Å². The van der Waals surface area contributed by atoms with Crippen molar-refractivity contribution < 1.29 is 22.3 Å². The standard InChI is InChI=1S/C18H15F4N3O2/c1-24-16-14(25(17(24)26)9-11-5-6-27-11)7-10(8-23-16)12-3-2-4-13(15(12)19)18(20,21)22/h2-4,7-8,11H,5-6,9H2,1H3/t11-/m1/s1. The zero-order chi connectivity index (χ0) is 19.3. The Hall–Kier alpha value is -2.68. The van der Waals surface area contributed by atoms with Gasteiger partial charge in [-0.05, 0) is 18.6 Å². The lowest BCUT2D eigenvalue weighted by Gasteiger charge is -2.26. The second-order valence-electron chi connectivity index (χ2n) is 6.47. The quantitative estimate of drug-likeness (QED) is 0.654. The van der Waals surface area contributed by atoms with Gasteiger partial charge in [-0.25, -0.2) is 14.2 Å². The first-order valence-corrected chi connectivity index (χ1v) is 8.30. The molecule has 27 heavy (non-hydrogen) atoms. The Labute approximate surface area is 150 Å². The molecule has 2 aromatic heterocycles. The van der Waals surface area contributed by atoms with Crippen molar-refractivity contribution in [3.05, 3.63) is 52.3 Å². The predicted octanol–water partition coefficient (Wildman–Crippen LogP) is 3.35. The van der Waals surface area contributed by atoms with Crippen LogP contribution in [0.15, 0.2) is 35.3 Å². The fraction of sp³-hybridized carbons (Fsp3) is 0.333. The van der Waals surface area contributed by atoms with Crippen LogP contribution in [0.5, 0.6) is 0 Å². The number of pyridine rings is 1. The fourth-order valence-corrected chi connectivity index (χ4v) is 3.21. The second-order valence-corrected chi connectivity index (χ2v) is 6.47. The first kappa shape index (κ1) is 17.7. The number of benzene rings is 1. The molecule has 0 bridgehead atoms. The van der Waals surface area contributed by atoms with Crippen LogP contribution < -0.4 is 5.69 Å². The lowest BCUT2D eigenvalue weighted by Crippen LogP contribution is -2.35. The van der Waals surface area contributed by atoms with Crippen LogP contribution in [0.25, 0.3) is 22.3 Å². The van der Waals surface area contributed by atoms with Gasteiger partial charge in [0, 0.05) is 31.0 Å². The van der Waals surface area contributed by atoms with E-state index in [1.807, 2.05) is 0 Å². The van der Waals surface area contributed by atoms with Crippen LogP contribution in [-0.4, -0.2) is 26.8 Å². The molecule has 0 N–H and O–H groups in total. The lowest BCUT2D eigenvalue weighted by atomic mass is 10.0. The molecular weight excluding hydrogens is 366 g/mol. The zero-order valence-corrected chi connectivity index (χ0v) is 14.3. The number of imidazole rings is 1. The molecule has 1 aliphatic heterocycles. The lowest BCUT2D eigenvalue weighted by molar-refractivity contribution is -0.139. The minimum absolute atomic E-state index is 0.0951. The number of aromatic nitrogens is 3. The molecule has 0 saturated carbocycles. The summed E-state index contributed by atoms with van der Waals surface area (Å²) in [6.07, 6.45) is -2.81. The summed E-state index contributed by atoms with van der Waals surface area (Å²) >= 11 is 0. The van der Waals surface area contributed by atoms with Gasteiger partial charge in [-0.2, -0.15) is 13.2 Å². The van der Waals surface area contributed by atoms with Crippen molar-refractivity contribution in [2.24, 2.45) is 7.05 Å². The topological polar surface area (TPSA) is 49.0 Å². The number of nitrogens with zero attached hydrogens (tertiary/aromatic N) is 3. The van der Waals surface area contributed by atoms with Gasteiger partial charge >= 0.3 is 11.9 Å². The number of rotatable bonds is 3. The van der Waals surface area contributed by atoms with E-state index in [9.17, 15) is 22.4 Å². The molecule has 9 heteroatoms. The fourth-order valence-electron chi connectivity index (χ4n) is 3.21. The summed E-state index contributed by atoms with van der Waals surface area (Å²) in [6.45, 7) is 0.940. The first-order valence-electron chi connectivity index (χ1n) is 8.30. The van der Waals surface area contributed by atoms with Gasteiger partial charge < -0.3 is 4.74 Å². The summed E-state index contributed by atoms with van der Waals surface area (Å²) in [7, 11) is 1.56. The molecule has 1 aliphatic rings. The third kappa shape index (κ3) is 2.91. The number of alkyl halides is 3. The number of fused-ring (bicyclic) bond motifs is 1. The molecule has 142 valence electrons. The predicted molar refractivity (Wildman–Crippen MR) is 89.7 cm³/mol. The van der Waals surface area contributed by atoms with E-state index < -0.39 is 17.6 Å². The molecule has 3 heterocycles. The largest absolute Gasteiger partial charge is 0.419 e. The van der Waals surface area contributed by atoms with Crippen molar-refractivity contribution >= 4 is 11.2 Å². The van der Waals surface area contributed by atoms with Crippen molar-refractivity contribution in [1.29, 1.82) is 0 Å². The van der Waals surface area contributed by atoms with Crippen LogP contribution in [0.3, 0.4) is 0 Å². The molecule has 1 fully saturated rings.